The van der Waals surface area contributed by atoms with E-state index in [1.54, 1.807) is 24.5 Å². The van der Waals surface area contributed by atoms with Gasteiger partial charge in [0.2, 0.25) is 5.95 Å². The summed E-state index contributed by atoms with van der Waals surface area (Å²) in [6, 6.07) is 8.33. The zero-order valence-corrected chi connectivity index (χ0v) is 15.1. The molecule has 0 radical (unpaired) electrons. The predicted molar refractivity (Wildman–Crippen MR) is 103 cm³/mol. The molecule has 3 heterocycles. The Labute approximate surface area is 156 Å². The first-order valence-corrected chi connectivity index (χ1v) is 8.70. The molecule has 0 amide bonds. The normalized spacial score (nSPS) is 18.1. The molecule has 1 unspecified atom stereocenters. The summed E-state index contributed by atoms with van der Waals surface area (Å²) in [5.74, 6) is 0.848. The Balaban J connectivity index is 1.67. The third kappa shape index (κ3) is 3.21. The molecule has 0 aliphatic carbocycles. The molecule has 1 aliphatic rings. The van der Waals surface area contributed by atoms with Gasteiger partial charge in [-0.1, -0.05) is 13.0 Å². The lowest BCUT2D eigenvalue weighted by atomic mass is 9.85. The lowest BCUT2D eigenvalue weighted by Crippen LogP contribution is -2.28. The summed E-state index contributed by atoms with van der Waals surface area (Å²) in [6.07, 6.45) is 3.39. The maximum absolute atomic E-state index is 13.5. The van der Waals surface area contributed by atoms with Gasteiger partial charge in [0.15, 0.2) is 0 Å². The van der Waals surface area contributed by atoms with Crippen LogP contribution in [-0.4, -0.2) is 33.2 Å². The highest BCUT2D eigenvalue weighted by molar-refractivity contribution is 5.67. The monoisotopic (exact) mass is 365 g/mol. The van der Waals surface area contributed by atoms with Crippen LogP contribution in [-0.2, 0) is 5.41 Å². The van der Waals surface area contributed by atoms with Gasteiger partial charge in [0.25, 0.3) is 0 Å². The van der Waals surface area contributed by atoms with E-state index in [1.807, 2.05) is 19.9 Å². The minimum atomic E-state index is -0.370. The van der Waals surface area contributed by atoms with E-state index in [2.05, 4.69) is 25.6 Å². The Morgan fingerprint density at radius 3 is 2.93 bits per heavy atom. The number of aryl methyl sites for hydroxylation is 1. The number of aliphatic hydroxyl groups excluding tert-OH is 1. The van der Waals surface area contributed by atoms with Crippen molar-refractivity contribution in [2.45, 2.75) is 19.3 Å². The second kappa shape index (κ2) is 6.59. The summed E-state index contributed by atoms with van der Waals surface area (Å²) in [6.45, 7) is 4.56. The summed E-state index contributed by atoms with van der Waals surface area (Å²) in [5.41, 5.74) is 3.65. The van der Waals surface area contributed by atoms with Crippen molar-refractivity contribution < 1.29 is 9.50 Å². The first-order chi connectivity index (χ1) is 13.0. The molecule has 0 fully saturated rings. The number of nitrogens with zero attached hydrogens (tertiary/aromatic N) is 3. The van der Waals surface area contributed by atoms with Crippen LogP contribution in [0.4, 0.5) is 21.8 Å². The van der Waals surface area contributed by atoms with Gasteiger partial charge >= 0.3 is 0 Å². The van der Waals surface area contributed by atoms with Crippen molar-refractivity contribution in [2.75, 3.05) is 23.8 Å². The van der Waals surface area contributed by atoms with Crippen molar-refractivity contribution >= 4 is 17.5 Å². The maximum atomic E-state index is 13.5. The predicted octanol–water partition coefficient (Wildman–Crippen LogP) is 3.41. The standard InChI is InChI=1S/C20H20FN5O/c1-12-3-4-14(21)8-17(12)26-19-22-6-5-16(25-19)13-7-15-18(23-9-13)24-10-20(15,2)11-27/h3-9,27H,10-11H2,1-2H3,(H,23,24)(H,22,25,26). The highest BCUT2D eigenvalue weighted by atomic mass is 19.1. The Hall–Kier alpha value is -3.06. The van der Waals surface area contributed by atoms with Crippen molar-refractivity contribution in [2.24, 2.45) is 0 Å². The van der Waals surface area contributed by atoms with Crippen LogP contribution < -0.4 is 10.6 Å². The van der Waals surface area contributed by atoms with Crippen LogP contribution in [0.3, 0.4) is 0 Å². The van der Waals surface area contributed by atoms with E-state index in [4.69, 9.17) is 0 Å². The summed E-state index contributed by atoms with van der Waals surface area (Å²) in [7, 11) is 0. The lowest BCUT2D eigenvalue weighted by molar-refractivity contribution is 0.218. The first kappa shape index (κ1) is 17.4. The van der Waals surface area contributed by atoms with Crippen LogP contribution >= 0.6 is 0 Å². The van der Waals surface area contributed by atoms with Crippen molar-refractivity contribution in [3.05, 3.63) is 59.7 Å². The number of benzene rings is 1. The van der Waals surface area contributed by atoms with Gasteiger partial charge in [-0.15, -0.1) is 0 Å². The molecular weight excluding hydrogens is 345 g/mol. The third-order valence-corrected chi connectivity index (χ3v) is 4.93. The molecule has 138 valence electrons. The number of aliphatic hydroxyl groups is 1. The molecule has 27 heavy (non-hydrogen) atoms. The number of nitrogens with one attached hydrogen (secondary N) is 2. The Kier molecular flexibility index (Phi) is 4.24. The minimum absolute atomic E-state index is 0.0353. The van der Waals surface area contributed by atoms with Crippen LogP contribution in [0, 0.1) is 12.7 Å². The molecular formula is C20H20FN5O. The fraction of sp³-hybridized carbons (Fsp3) is 0.250. The van der Waals surface area contributed by atoms with Gasteiger partial charge in [-0.25, -0.2) is 19.3 Å². The number of fused-ring (bicyclic) bond motifs is 1. The van der Waals surface area contributed by atoms with Gasteiger partial charge in [0, 0.05) is 41.2 Å². The summed E-state index contributed by atoms with van der Waals surface area (Å²) < 4.78 is 13.5. The third-order valence-electron chi connectivity index (χ3n) is 4.93. The van der Waals surface area contributed by atoms with Gasteiger partial charge in [0.1, 0.15) is 11.6 Å². The fourth-order valence-corrected chi connectivity index (χ4v) is 3.15. The lowest BCUT2D eigenvalue weighted by Gasteiger charge is -2.20. The summed E-state index contributed by atoms with van der Waals surface area (Å²) in [4.78, 5) is 13.2. The highest BCUT2D eigenvalue weighted by Crippen LogP contribution is 2.37. The van der Waals surface area contributed by atoms with E-state index in [1.165, 1.54) is 12.1 Å². The van der Waals surface area contributed by atoms with Crippen molar-refractivity contribution in [3.63, 3.8) is 0 Å². The smallest absolute Gasteiger partial charge is 0.227 e. The SMILES string of the molecule is Cc1ccc(F)cc1Nc1nccc(-c2cnc3c(c2)C(C)(CO)CN3)n1. The number of rotatable bonds is 4. The molecule has 1 aromatic carbocycles. The number of anilines is 3. The second-order valence-electron chi connectivity index (χ2n) is 7.04. The zero-order chi connectivity index (χ0) is 19.0. The Bertz CT molecular complexity index is 1010. The minimum Gasteiger partial charge on any atom is -0.395 e. The molecule has 6 nitrogen and oxygen atoms in total. The van der Waals surface area contributed by atoms with E-state index < -0.39 is 0 Å². The molecule has 7 heteroatoms. The van der Waals surface area contributed by atoms with Crippen molar-refractivity contribution in [3.8, 4) is 11.3 Å². The maximum Gasteiger partial charge on any atom is 0.227 e. The molecule has 1 atom stereocenters. The van der Waals surface area contributed by atoms with Gasteiger partial charge < -0.3 is 15.7 Å². The molecule has 1 aliphatic heterocycles. The molecule has 3 aromatic rings. The molecule has 0 saturated carbocycles. The number of hydrogen-bond acceptors (Lipinski definition) is 6. The average molecular weight is 365 g/mol. The van der Waals surface area contributed by atoms with Gasteiger partial charge in [0.05, 0.1) is 12.3 Å². The van der Waals surface area contributed by atoms with E-state index in [-0.39, 0.29) is 17.8 Å². The highest BCUT2D eigenvalue weighted by Gasteiger charge is 2.35. The van der Waals surface area contributed by atoms with E-state index in [0.29, 0.717) is 23.9 Å². The average Bonchev–Trinajstić information content (AvgIpc) is 3.02. The van der Waals surface area contributed by atoms with Crippen molar-refractivity contribution in [1.82, 2.24) is 15.0 Å². The zero-order valence-electron chi connectivity index (χ0n) is 15.1. The molecule has 3 N–H and O–H groups in total. The van der Waals surface area contributed by atoms with Crippen LogP contribution in [0.25, 0.3) is 11.3 Å². The Morgan fingerprint density at radius 1 is 1.26 bits per heavy atom. The number of aromatic nitrogens is 3. The van der Waals surface area contributed by atoms with Gasteiger partial charge in [-0.3, -0.25) is 0 Å². The largest absolute Gasteiger partial charge is 0.395 e. The molecule has 4 rings (SSSR count). The molecule has 0 bridgehead atoms. The van der Waals surface area contributed by atoms with Crippen LogP contribution in [0.1, 0.15) is 18.1 Å². The fourth-order valence-electron chi connectivity index (χ4n) is 3.15. The number of halogens is 1. The first-order valence-electron chi connectivity index (χ1n) is 8.70. The summed E-state index contributed by atoms with van der Waals surface area (Å²) in [5, 5.41) is 16.0. The molecule has 0 spiro atoms. The van der Waals surface area contributed by atoms with E-state index in [0.717, 1.165) is 22.5 Å². The van der Waals surface area contributed by atoms with E-state index in [9.17, 15) is 9.50 Å². The Morgan fingerprint density at radius 2 is 2.11 bits per heavy atom. The quantitative estimate of drug-likeness (QED) is 0.657. The number of hydrogen-bond donors (Lipinski definition) is 3. The van der Waals surface area contributed by atoms with Crippen molar-refractivity contribution in [1.29, 1.82) is 0 Å². The van der Waals surface area contributed by atoms with Crippen LogP contribution in [0.15, 0.2) is 42.7 Å². The topological polar surface area (TPSA) is 83.0 Å². The number of pyridine rings is 1. The second-order valence-corrected chi connectivity index (χ2v) is 7.04. The van der Waals surface area contributed by atoms with Gasteiger partial charge in [-0.2, -0.15) is 0 Å². The van der Waals surface area contributed by atoms with Crippen LogP contribution in [0.5, 0.6) is 0 Å². The molecule has 0 saturated heterocycles. The summed E-state index contributed by atoms with van der Waals surface area (Å²) >= 11 is 0. The van der Waals surface area contributed by atoms with Crippen LogP contribution in [0.2, 0.25) is 0 Å². The van der Waals surface area contributed by atoms with E-state index >= 15 is 0 Å². The molecule has 2 aromatic heterocycles. The van der Waals surface area contributed by atoms with Gasteiger partial charge in [-0.05, 0) is 36.8 Å².